The van der Waals surface area contributed by atoms with Gasteiger partial charge in [0.05, 0.1) is 15.8 Å². The molecule has 0 aromatic carbocycles. The summed E-state index contributed by atoms with van der Waals surface area (Å²) in [5.74, 6) is 0.161. The summed E-state index contributed by atoms with van der Waals surface area (Å²) in [6, 6.07) is 2.10. The van der Waals surface area contributed by atoms with Crippen LogP contribution in [0.3, 0.4) is 0 Å². The molecule has 2 aromatic heterocycles. The second-order valence-corrected chi connectivity index (χ2v) is 14.6. The number of thiazole rings is 1. The summed E-state index contributed by atoms with van der Waals surface area (Å²) >= 11 is 1.59. The highest BCUT2D eigenvalue weighted by atomic mass is 32.1. The van der Waals surface area contributed by atoms with Crippen molar-refractivity contribution in [3.05, 3.63) is 36.9 Å². The maximum absolute atomic E-state index is 14.1. The summed E-state index contributed by atoms with van der Waals surface area (Å²) in [6.45, 7) is 20.7. The first-order valence-electron chi connectivity index (χ1n) is 17.4. The minimum absolute atomic E-state index is 0.0282. The summed E-state index contributed by atoms with van der Waals surface area (Å²) in [6.07, 6.45) is 14.5. The lowest BCUT2D eigenvalue weighted by atomic mass is 9.91. The van der Waals surface area contributed by atoms with E-state index < -0.39 is 17.3 Å². The van der Waals surface area contributed by atoms with Crippen molar-refractivity contribution in [1.82, 2.24) is 9.66 Å². The van der Waals surface area contributed by atoms with Gasteiger partial charge in [0.25, 0.3) is 5.56 Å². The Balaban J connectivity index is 2.98. The smallest absolute Gasteiger partial charge is 0.280 e. The van der Waals surface area contributed by atoms with Crippen molar-refractivity contribution in [2.24, 2.45) is 11.8 Å². The van der Waals surface area contributed by atoms with Gasteiger partial charge in [-0.3, -0.25) is 9.59 Å². The first kappa shape index (κ1) is 39.1. The van der Waals surface area contributed by atoms with E-state index in [1.165, 1.54) is 52.5 Å². The molecule has 1 amide bonds. The Bertz CT molecular complexity index is 1490. The summed E-state index contributed by atoms with van der Waals surface area (Å²) in [7, 11) is 1.42. The monoisotopic (exact) mass is 653 g/mol. The average Bonchev–Trinajstić information content (AvgIpc) is 3.45. The van der Waals surface area contributed by atoms with E-state index in [1.807, 2.05) is 19.1 Å². The topological polar surface area (TPSA) is 102 Å². The molecule has 0 saturated heterocycles. The van der Waals surface area contributed by atoms with Gasteiger partial charge in [-0.05, 0) is 37.2 Å². The number of hydrogen-bond acceptors (Lipinski definition) is 7. The lowest BCUT2D eigenvalue weighted by Crippen LogP contribution is -2.53. The molecule has 0 aliphatic rings. The van der Waals surface area contributed by atoms with E-state index >= 15 is 0 Å². The van der Waals surface area contributed by atoms with Gasteiger partial charge in [0.15, 0.2) is 5.13 Å². The van der Waals surface area contributed by atoms with Gasteiger partial charge in [0.1, 0.15) is 11.6 Å². The normalized spacial score (nSPS) is 13.9. The number of amides is 1. The molecular formula is C37H59N5O3S. The van der Waals surface area contributed by atoms with Gasteiger partial charge in [-0.2, -0.15) is 9.94 Å². The molecule has 0 radical (unpaired) electrons. The van der Waals surface area contributed by atoms with E-state index in [-0.39, 0.29) is 16.2 Å². The average molecular weight is 654 g/mol. The lowest BCUT2D eigenvalue weighted by molar-refractivity contribution is -0.117. The highest BCUT2D eigenvalue weighted by molar-refractivity contribution is 7.16. The first-order valence-corrected chi connectivity index (χ1v) is 18.2. The molecule has 1 N–H and O–H groups in total. The Labute approximate surface area is 281 Å². The second kappa shape index (κ2) is 18.3. The highest BCUT2D eigenvalue weighted by Gasteiger charge is 2.27. The van der Waals surface area contributed by atoms with Gasteiger partial charge in [-0.15, -0.1) is 0 Å². The second-order valence-electron chi connectivity index (χ2n) is 13.6. The number of aromatic hydroxyl groups is 1. The Morgan fingerprint density at radius 3 is 2.02 bits per heavy atom. The van der Waals surface area contributed by atoms with Gasteiger partial charge in [0.2, 0.25) is 11.8 Å². The predicted octanol–water partition coefficient (Wildman–Crippen LogP) is 6.94. The van der Waals surface area contributed by atoms with Crippen molar-refractivity contribution >= 4 is 34.5 Å². The van der Waals surface area contributed by atoms with Crippen LogP contribution in [0.25, 0.3) is 12.2 Å². The molecule has 2 atom stereocenters. The van der Waals surface area contributed by atoms with Gasteiger partial charge in [-0.25, -0.2) is 9.99 Å². The van der Waals surface area contributed by atoms with Gasteiger partial charge in [-0.1, -0.05) is 118 Å². The molecule has 0 aliphatic heterocycles. The van der Waals surface area contributed by atoms with Crippen LogP contribution in [-0.4, -0.2) is 40.8 Å². The summed E-state index contributed by atoms with van der Waals surface area (Å²) in [4.78, 5) is 35.1. The molecule has 0 aliphatic carbocycles. The van der Waals surface area contributed by atoms with Gasteiger partial charge in [0, 0.05) is 37.7 Å². The molecular weight excluding hydrogens is 595 g/mol. The number of carbonyl (C=O) groups is 1. The number of hydrogen-bond donors (Lipinski definition) is 1. The van der Waals surface area contributed by atoms with E-state index in [2.05, 4.69) is 59.4 Å². The third kappa shape index (κ3) is 9.94. The standard InChI is InChI=1S/C37H59N5O3S/c1-11-16-19-27(14-4)24-41(25-28(15-5)20-17-12-2)36-39-33(37(7,8)9)32(46-36)22-30-29(21-18-13-3)31(23-38)35(45)42(34(30)44)40(10)26(6)43/h21-22,27-28,45H,11-20,24-25H2,1-10H3/b29-21-,30-22-. The Morgan fingerprint density at radius 1 is 1.02 bits per heavy atom. The minimum Gasteiger partial charge on any atom is -0.492 e. The van der Waals surface area contributed by atoms with Crippen molar-refractivity contribution in [3.63, 3.8) is 0 Å². The largest absolute Gasteiger partial charge is 0.492 e. The van der Waals surface area contributed by atoms with E-state index in [1.54, 1.807) is 11.3 Å². The number of nitrogens with zero attached hydrogens (tertiary/aromatic N) is 5. The molecule has 0 bridgehead atoms. The highest BCUT2D eigenvalue weighted by Crippen LogP contribution is 2.36. The summed E-state index contributed by atoms with van der Waals surface area (Å²) in [5, 5.41) is 23.9. The Kier molecular flexibility index (Phi) is 15.5. The van der Waals surface area contributed by atoms with Crippen molar-refractivity contribution < 1.29 is 9.90 Å². The number of aromatic nitrogens is 2. The molecule has 0 spiro atoms. The zero-order valence-electron chi connectivity index (χ0n) is 30.2. The van der Waals surface area contributed by atoms with Crippen LogP contribution in [0.2, 0.25) is 0 Å². The predicted molar refractivity (Wildman–Crippen MR) is 194 cm³/mol. The Hall–Kier alpha value is -3.12. The number of anilines is 1. The molecule has 46 heavy (non-hydrogen) atoms. The van der Waals surface area contributed by atoms with Crippen LogP contribution in [0.1, 0.15) is 143 Å². The summed E-state index contributed by atoms with van der Waals surface area (Å²) in [5.41, 5.74) is -0.0128. The van der Waals surface area contributed by atoms with E-state index in [0.29, 0.717) is 23.5 Å². The van der Waals surface area contributed by atoms with Gasteiger partial charge >= 0.3 is 0 Å². The first-order chi connectivity index (χ1) is 21.8. The minimum atomic E-state index is -0.556. The fraction of sp³-hybridized carbons (Fsp3) is 0.676. The fourth-order valence-corrected chi connectivity index (χ4v) is 7.00. The number of rotatable bonds is 17. The van der Waals surface area contributed by atoms with Crippen molar-refractivity contribution in [3.8, 4) is 11.9 Å². The van der Waals surface area contributed by atoms with Crippen molar-refractivity contribution in [2.45, 2.75) is 132 Å². The van der Waals surface area contributed by atoms with Crippen LogP contribution >= 0.6 is 11.3 Å². The molecule has 2 rings (SSSR count). The number of unbranched alkanes of at least 4 members (excludes halogenated alkanes) is 3. The van der Waals surface area contributed by atoms with Crippen molar-refractivity contribution in [1.29, 1.82) is 5.26 Å². The quantitative estimate of drug-likeness (QED) is 0.198. The summed E-state index contributed by atoms with van der Waals surface area (Å²) < 4.78 is 0.903. The maximum atomic E-state index is 14.1. The van der Waals surface area contributed by atoms with E-state index in [0.717, 1.165) is 57.7 Å². The maximum Gasteiger partial charge on any atom is 0.280 e. The van der Waals surface area contributed by atoms with Crippen LogP contribution in [-0.2, 0) is 10.2 Å². The SMILES string of the molecule is CCC/C=c1\c(C#N)c(O)n(N(C)C(C)=O)c(=O)\c1=C/c1sc(N(CC(CC)CCCC)CC(CC)CCCC)nc1C(C)(C)C. The number of carbonyl (C=O) groups excluding carboxylic acids is 1. The molecule has 9 heteroatoms. The van der Waals surface area contributed by atoms with Crippen LogP contribution in [0.4, 0.5) is 5.13 Å². The lowest BCUT2D eigenvalue weighted by Gasteiger charge is -2.30. The zero-order valence-corrected chi connectivity index (χ0v) is 31.0. The zero-order chi connectivity index (χ0) is 34.6. The van der Waals surface area contributed by atoms with Crippen LogP contribution in [0.5, 0.6) is 5.88 Å². The third-order valence-corrected chi connectivity index (χ3v) is 9.92. The fourth-order valence-electron chi connectivity index (χ4n) is 5.77. The molecule has 256 valence electrons. The van der Waals surface area contributed by atoms with Crippen LogP contribution < -0.4 is 25.9 Å². The van der Waals surface area contributed by atoms with Crippen LogP contribution in [0.15, 0.2) is 4.79 Å². The molecule has 2 aromatic rings. The van der Waals surface area contributed by atoms with Crippen LogP contribution in [0, 0.1) is 23.2 Å². The molecule has 2 unspecified atom stereocenters. The number of pyridine rings is 1. The van der Waals surface area contributed by atoms with E-state index in [9.17, 15) is 20.0 Å². The van der Waals surface area contributed by atoms with E-state index in [4.69, 9.17) is 4.98 Å². The van der Waals surface area contributed by atoms with Gasteiger partial charge < -0.3 is 10.0 Å². The number of nitriles is 1. The molecule has 0 saturated carbocycles. The molecule has 0 fully saturated rings. The molecule has 2 heterocycles. The van der Waals surface area contributed by atoms with Crippen molar-refractivity contribution in [2.75, 3.05) is 30.0 Å². The molecule has 8 nitrogen and oxygen atoms in total. The third-order valence-electron chi connectivity index (χ3n) is 8.85. The Morgan fingerprint density at radius 2 is 1.59 bits per heavy atom.